The van der Waals surface area contributed by atoms with Crippen molar-refractivity contribution in [2.45, 2.75) is 46.1 Å². The van der Waals surface area contributed by atoms with Crippen molar-refractivity contribution >= 4 is 5.96 Å². The summed E-state index contributed by atoms with van der Waals surface area (Å²) in [5.41, 5.74) is 0. The highest BCUT2D eigenvalue weighted by Crippen LogP contribution is 1.93. The molecule has 2 N–H and O–H groups in total. The molecule has 1 atom stereocenters. The van der Waals surface area contributed by atoms with Crippen molar-refractivity contribution < 1.29 is 9.47 Å². The van der Waals surface area contributed by atoms with E-state index in [1.54, 1.807) is 7.11 Å². The molecule has 0 saturated heterocycles. The fourth-order valence-corrected chi connectivity index (χ4v) is 1.41. The van der Waals surface area contributed by atoms with Crippen molar-refractivity contribution in [3.63, 3.8) is 0 Å². The molecule has 0 aromatic heterocycles. The molecule has 0 spiro atoms. The molecule has 0 aliphatic rings. The van der Waals surface area contributed by atoms with E-state index < -0.39 is 0 Å². The van der Waals surface area contributed by atoms with Gasteiger partial charge in [-0.25, -0.2) is 0 Å². The summed E-state index contributed by atoms with van der Waals surface area (Å²) in [6.45, 7) is 10.3. The van der Waals surface area contributed by atoms with Crippen molar-refractivity contribution in [1.29, 1.82) is 0 Å². The number of unbranched alkanes of at least 4 members (excludes halogenated alkanes) is 1. The molecule has 0 aliphatic carbocycles. The Hall–Kier alpha value is -0.810. The van der Waals surface area contributed by atoms with E-state index in [-0.39, 0.29) is 0 Å². The number of aliphatic imine (C=N–C) groups is 1. The minimum absolute atomic E-state index is 0.454. The number of methoxy groups -OCH3 is 1. The Balaban J connectivity index is 3.66. The number of hydrogen-bond donors (Lipinski definition) is 2. The smallest absolute Gasteiger partial charge is 0.191 e. The molecule has 5 nitrogen and oxygen atoms in total. The molecule has 0 radical (unpaired) electrons. The van der Waals surface area contributed by atoms with E-state index >= 15 is 0 Å². The third-order valence-electron chi connectivity index (χ3n) is 2.74. The number of ether oxygens (including phenoxy) is 2. The molecule has 19 heavy (non-hydrogen) atoms. The third-order valence-corrected chi connectivity index (χ3v) is 2.74. The highest BCUT2D eigenvalue weighted by molar-refractivity contribution is 5.79. The van der Waals surface area contributed by atoms with Crippen LogP contribution in [0.2, 0.25) is 0 Å². The summed E-state index contributed by atoms with van der Waals surface area (Å²) < 4.78 is 10.3. The van der Waals surface area contributed by atoms with Crippen molar-refractivity contribution in [2.75, 3.05) is 40.0 Å². The van der Waals surface area contributed by atoms with Crippen LogP contribution in [-0.4, -0.2) is 52.0 Å². The second-order valence-electron chi connectivity index (χ2n) is 4.53. The average molecular weight is 273 g/mol. The van der Waals surface area contributed by atoms with Crippen molar-refractivity contribution in [3.8, 4) is 0 Å². The first-order chi connectivity index (χ1) is 9.24. The van der Waals surface area contributed by atoms with Gasteiger partial charge in [0.25, 0.3) is 0 Å². The minimum atomic E-state index is 0.454. The lowest BCUT2D eigenvalue weighted by Crippen LogP contribution is -2.42. The summed E-state index contributed by atoms with van der Waals surface area (Å²) in [7, 11) is 1.69. The van der Waals surface area contributed by atoms with Crippen molar-refractivity contribution in [3.05, 3.63) is 0 Å². The number of rotatable bonds is 11. The van der Waals surface area contributed by atoms with Gasteiger partial charge in [0.1, 0.15) is 0 Å². The number of hydrogen-bond acceptors (Lipinski definition) is 3. The molecule has 0 heterocycles. The fourth-order valence-electron chi connectivity index (χ4n) is 1.41. The van der Waals surface area contributed by atoms with Gasteiger partial charge in [-0.15, -0.1) is 0 Å². The summed E-state index contributed by atoms with van der Waals surface area (Å²) in [4.78, 5) is 4.55. The molecule has 1 unspecified atom stereocenters. The topological polar surface area (TPSA) is 54.9 Å². The summed E-state index contributed by atoms with van der Waals surface area (Å²) in [6, 6.07) is 0.454. The molecule has 0 bridgehead atoms. The normalized spacial score (nSPS) is 13.4. The van der Waals surface area contributed by atoms with E-state index in [2.05, 4.69) is 36.4 Å². The second-order valence-corrected chi connectivity index (χ2v) is 4.53. The summed E-state index contributed by atoms with van der Waals surface area (Å²) in [5.74, 6) is 0.914. The molecule has 0 rings (SSSR count). The van der Waals surface area contributed by atoms with Crippen LogP contribution >= 0.6 is 0 Å². The molecule has 5 heteroatoms. The van der Waals surface area contributed by atoms with Crippen LogP contribution in [0.25, 0.3) is 0 Å². The highest BCUT2D eigenvalue weighted by Gasteiger charge is 2.01. The molecule has 0 saturated carbocycles. The SMILES string of the molecule is CCNC(=NCCCCOCCOC)NC(C)CC. The summed E-state index contributed by atoms with van der Waals surface area (Å²) in [6.07, 6.45) is 3.18. The van der Waals surface area contributed by atoms with Gasteiger partial charge in [0.2, 0.25) is 0 Å². The van der Waals surface area contributed by atoms with Crippen molar-refractivity contribution in [1.82, 2.24) is 10.6 Å². The van der Waals surface area contributed by atoms with Crippen LogP contribution in [0.3, 0.4) is 0 Å². The lowest BCUT2D eigenvalue weighted by Gasteiger charge is -2.16. The van der Waals surface area contributed by atoms with E-state index in [1.165, 1.54) is 0 Å². The van der Waals surface area contributed by atoms with Gasteiger partial charge in [-0.1, -0.05) is 6.92 Å². The summed E-state index contributed by atoms with van der Waals surface area (Å²) in [5, 5.41) is 6.64. The Labute approximate surface area is 118 Å². The standard InChI is InChI=1S/C14H31N3O2/c1-5-13(3)17-14(15-6-2)16-9-7-8-10-19-12-11-18-4/h13H,5-12H2,1-4H3,(H2,15,16,17). The van der Waals surface area contributed by atoms with Gasteiger partial charge in [0, 0.05) is 32.8 Å². The van der Waals surface area contributed by atoms with Gasteiger partial charge in [-0.3, -0.25) is 4.99 Å². The molecule has 0 aliphatic heterocycles. The summed E-state index contributed by atoms with van der Waals surface area (Å²) >= 11 is 0. The zero-order chi connectivity index (χ0) is 14.3. The van der Waals surface area contributed by atoms with Crippen LogP contribution in [0.15, 0.2) is 4.99 Å². The lowest BCUT2D eigenvalue weighted by atomic mass is 10.3. The highest BCUT2D eigenvalue weighted by atomic mass is 16.5. The number of nitrogens with one attached hydrogen (secondary N) is 2. The number of nitrogens with zero attached hydrogens (tertiary/aromatic N) is 1. The molecular weight excluding hydrogens is 242 g/mol. The van der Waals surface area contributed by atoms with Gasteiger partial charge in [0.15, 0.2) is 5.96 Å². The predicted octanol–water partition coefficient (Wildman–Crippen LogP) is 1.78. The third kappa shape index (κ3) is 12.0. The molecule has 114 valence electrons. The molecular formula is C14H31N3O2. The lowest BCUT2D eigenvalue weighted by molar-refractivity contribution is 0.0690. The Morgan fingerprint density at radius 1 is 1.16 bits per heavy atom. The van der Waals surface area contributed by atoms with Gasteiger partial charge in [-0.2, -0.15) is 0 Å². The van der Waals surface area contributed by atoms with Gasteiger partial charge in [0.05, 0.1) is 13.2 Å². The Morgan fingerprint density at radius 2 is 1.95 bits per heavy atom. The van der Waals surface area contributed by atoms with Crippen molar-refractivity contribution in [2.24, 2.45) is 4.99 Å². The van der Waals surface area contributed by atoms with Gasteiger partial charge >= 0.3 is 0 Å². The largest absolute Gasteiger partial charge is 0.382 e. The minimum Gasteiger partial charge on any atom is -0.382 e. The Bertz CT molecular complexity index is 223. The van der Waals surface area contributed by atoms with E-state index in [1.807, 2.05) is 0 Å². The first-order valence-corrected chi connectivity index (χ1v) is 7.36. The molecule has 0 fully saturated rings. The zero-order valence-electron chi connectivity index (χ0n) is 13.0. The molecule has 0 aromatic rings. The first-order valence-electron chi connectivity index (χ1n) is 7.36. The van der Waals surface area contributed by atoms with Crippen LogP contribution < -0.4 is 10.6 Å². The van der Waals surface area contributed by atoms with Crippen LogP contribution in [0.1, 0.15) is 40.0 Å². The van der Waals surface area contributed by atoms with Crippen LogP contribution in [-0.2, 0) is 9.47 Å². The van der Waals surface area contributed by atoms with E-state index in [4.69, 9.17) is 9.47 Å². The first kappa shape index (κ1) is 18.2. The number of guanidine groups is 1. The van der Waals surface area contributed by atoms with E-state index in [9.17, 15) is 0 Å². The van der Waals surface area contributed by atoms with Crippen LogP contribution in [0.5, 0.6) is 0 Å². The molecule has 0 aromatic carbocycles. The Kier molecular flexibility index (Phi) is 13.0. The maximum absolute atomic E-state index is 5.41. The fraction of sp³-hybridized carbons (Fsp3) is 0.929. The van der Waals surface area contributed by atoms with Gasteiger partial charge < -0.3 is 20.1 Å². The van der Waals surface area contributed by atoms with Crippen LogP contribution in [0, 0.1) is 0 Å². The monoisotopic (exact) mass is 273 g/mol. The maximum Gasteiger partial charge on any atom is 0.191 e. The van der Waals surface area contributed by atoms with E-state index in [0.717, 1.165) is 44.9 Å². The molecule has 0 amide bonds. The van der Waals surface area contributed by atoms with Crippen LogP contribution in [0.4, 0.5) is 0 Å². The quantitative estimate of drug-likeness (QED) is 0.342. The second kappa shape index (κ2) is 13.6. The van der Waals surface area contributed by atoms with Gasteiger partial charge in [-0.05, 0) is 33.1 Å². The zero-order valence-corrected chi connectivity index (χ0v) is 13.0. The van der Waals surface area contributed by atoms with E-state index in [0.29, 0.717) is 19.3 Å². The predicted molar refractivity (Wildman–Crippen MR) is 80.8 cm³/mol. The Morgan fingerprint density at radius 3 is 2.58 bits per heavy atom. The maximum atomic E-state index is 5.41. The average Bonchev–Trinajstić information content (AvgIpc) is 2.41.